The predicted octanol–water partition coefficient (Wildman–Crippen LogP) is 4.76. The molecule has 3 aromatic heterocycles. The van der Waals surface area contributed by atoms with Gasteiger partial charge in [0.05, 0.1) is 22.6 Å². The van der Waals surface area contributed by atoms with E-state index in [1.54, 1.807) is 21.9 Å². The number of carbonyl (C=O) groups excluding carboxylic acids is 1. The fraction of sp³-hybridized carbons (Fsp3) is 0.241. The number of hydrogen-bond donors (Lipinski definition) is 1. The summed E-state index contributed by atoms with van der Waals surface area (Å²) in [5.41, 5.74) is 3.66. The highest BCUT2D eigenvalue weighted by Gasteiger charge is 2.23. The molecular formula is C29H30FN9O2. The molecule has 11 nitrogen and oxygen atoms in total. The van der Waals surface area contributed by atoms with E-state index in [-0.39, 0.29) is 11.2 Å². The van der Waals surface area contributed by atoms with Gasteiger partial charge in [0.15, 0.2) is 11.6 Å². The van der Waals surface area contributed by atoms with Crippen molar-refractivity contribution in [1.29, 1.82) is 0 Å². The Balaban J connectivity index is 0.00000108. The summed E-state index contributed by atoms with van der Waals surface area (Å²) in [6, 6.07) is 11.2. The number of nitrogens with zero attached hydrogens (tertiary/aromatic N) is 8. The average Bonchev–Trinajstić information content (AvgIpc) is 3.35. The number of hydrogen-bond acceptors (Lipinski definition) is 9. The molecule has 0 spiro atoms. The zero-order valence-electron chi connectivity index (χ0n) is 23.1. The maximum absolute atomic E-state index is 15.8. The largest absolute Gasteiger partial charge is 0.457 e. The summed E-state index contributed by atoms with van der Waals surface area (Å²) >= 11 is 0. The monoisotopic (exact) mass is 555 g/mol. The Morgan fingerprint density at radius 3 is 2.56 bits per heavy atom. The van der Waals surface area contributed by atoms with E-state index in [9.17, 15) is 4.79 Å². The fourth-order valence-corrected chi connectivity index (χ4v) is 4.55. The lowest BCUT2D eigenvalue weighted by Gasteiger charge is -2.33. The fourth-order valence-electron chi connectivity index (χ4n) is 4.55. The zero-order valence-corrected chi connectivity index (χ0v) is 23.1. The van der Waals surface area contributed by atoms with Crippen molar-refractivity contribution in [2.45, 2.75) is 13.8 Å². The second kappa shape index (κ2) is 11.9. The lowest BCUT2D eigenvalue weighted by molar-refractivity contribution is -0.118. The van der Waals surface area contributed by atoms with Crippen LogP contribution in [-0.2, 0) is 11.8 Å². The quantitative estimate of drug-likeness (QED) is 0.234. The number of rotatable bonds is 6. The van der Waals surface area contributed by atoms with Gasteiger partial charge in [0.25, 0.3) is 0 Å². The van der Waals surface area contributed by atoms with E-state index in [2.05, 4.69) is 37.2 Å². The number of halogens is 1. The van der Waals surface area contributed by atoms with E-state index in [0.29, 0.717) is 49.0 Å². The van der Waals surface area contributed by atoms with Gasteiger partial charge in [-0.1, -0.05) is 11.3 Å². The summed E-state index contributed by atoms with van der Waals surface area (Å²) in [4.78, 5) is 27.4. The number of piperazine rings is 1. The smallest absolute Gasteiger partial charge is 0.209 e. The van der Waals surface area contributed by atoms with Crippen LogP contribution in [0.5, 0.6) is 11.5 Å². The van der Waals surface area contributed by atoms with Gasteiger partial charge in [0.1, 0.15) is 29.2 Å². The van der Waals surface area contributed by atoms with Gasteiger partial charge in [-0.25, -0.2) is 24.0 Å². The van der Waals surface area contributed by atoms with E-state index in [0.717, 1.165) is 28.7 Å². The molecule has 2 aromatic carbocycles. The van der Waals surface area contributed by atoms with Crippen molar-refractivity contribution >= 4 is 45.7 Å². The van der Waals surface area contributed by atoms with Crippen LogP contribution in [0.15, 0.2) is 61.6 Å². The minimum atomic E-state index is -0.499. The molecule has 1 aliphatic rings. The first-order chi connectivity index (χ1) is 19.9. The lowest BCUT2D eigenvalue weighted by Crippen LogP contribution is -2.46. The van der Waals surface area contributed by atoms with Crippen molar-refractivity contribution in [3.63, 3.8) is 0 Å². The van der Waals surface area contributed by atoms with E-state index in [4.69, 9.17) is 4.74 Å². The van der Waals surface area contributed by atoms with Crippen LogP contribution in [0, 0.1) is 12.7 Å². The maximum Gasteiger partial charge on any atom is 0.209 e. The van der Waals surface area contributed by atoms with Crippen molar-refractivity contribution in [3.8, 4) is 11.5 Å². The summed E-state index contributed by atoms with van der Waals surface area (Å²) in [7, 11) is 1.84. The normalized spacial score (nSPS) is 13.1. The zero-order chi connectivity index (χ0) is 28.9. The molecule has 0 unspecified atom stereocenters. The van der Waals surface area contributed by atoms with Crippen LogP contribution in [0.4, 0.5) is 21.7 Å². The summed E-state index contributed by atoms with van der Waals surface area (Å²) in [5, 5.41) is 11.6. The third-order valence-corrected chi connectivity index (χ3v) is 6.61. The Kier molecular flexibility index (Phi) is 7.99. The SMILES string of the molecule is C=CC.Cc1cc(Nc2ncnc3cnc(N4CCN(C=O)CC4)c(F)c23)ccc1Oc1ccc2c(c1)nnn2C. The molecule has 0 saturated carbocycles. The van der Waals surface area contributed by atoms with Gasteiger partial charge in [-0.15, -0.1) is 11.7 Å². The molecule has 0 aliphatic carbocycles. The van der Waals surface area contributed by atoms with Crippen LogP contribution in [0.2, 0.25) is 0 Å². The molecule has 4 heterocycles. The van der Waals surface area contributed by atoms with Crippen molar-refractivity contribution in [2.75, 3.05) is 36.4 Å². The lowest BCUT2D eigenvalue weighted by atomic mass is 10.2. The Bertz CT molecular complexity index is 1710. The van der Waals surface area contributed by atoms with E-state index in [1.807, 2.05) is 62.2 Å². The highest BCUT2D eigenvalue weighted by molar-refractivity contribution is 5.92. The predicted molar refractivity (Wildman–Crippen MR) is 156 cm³/mol. The Morgan fingerprint density at radius 2 is 1.83 bits per heavy atom. The highest BCUT2D eigenvalue weighted by Crippen LogP contribution is 2.33. The van der Waals surface area contributed by atoms with Crippen LogP contribution in [-0.4, -0.2) is 67.4 Å². The van der Waals surface area contributed by atoms with E-state index >= 15 is 4.39 Å². The topological polar surface area (TPSA) is 114 Å². The second-order valence-electron chi connectivity index (χ2n) is 9.49. The number of benzene rings is 2. The molecule has 6 rings (SSSR count). The highest BCUT2D eigenvalue weighted by atomic mass is 19.1. The van der Waals surface area contributed by atoms with E-state index < -0.39 is 5.82 Å². The van der Waals surface area contributed by atoms with Gasteiger partial charge >= 0.3 is 0 Å². The number of pyridine rings is 1. The number of anilines is 3. The molecule has 1 aliphatic heterocycles. The number of amides is 1. The molecule has 0 bridgehead atoms. The minimum Gasteiger partial charge on any atom is -0.457 e. The summed E-state index contributed by atoms with van der Waals surface area (Å²) < 4.78 is 23.6. The van der Waals surface area contributed by atoms with Crippen LogP contribution in [0.1, 0.15) is 12.5 Å². The first-order valence-electron chi connectivity index (χ1n) is 13.1. The molecule has 1 fully saturated rings. The molecule has 41 heavy (non-hydrogen) atoms. The molecule has 1 saturated heterocycles. The number of nitrogens with one attached hydrogen (secondary N) is 1. The van der Waals surface area contributed by atoms with Crippen molar-refractivity contribution in [2.24, 2.45) is 7.05 Å². The summed E-state index contributed by atoms with van der Waals surface area (Å²) in [5.74, 6) is 1.39. The van der Waals surface area contributed by atoms with Gasteiger partial charge < -0.3 is 19.9 Å². The van der Waals surface area contributed by atoms with Gasteiger partial charge in [-0.3, -0.25) is 4.79 Å². The molecule has 1 N–H and O–H groups in total. The molecular weight excluding hydrogens is 525 g/mol. The van der Waals surface area contributed by atoms with Gasteiger partial charge in [-0.2, -0.15) is 0 Å². The number of aryl methyl sites for hydroxylation is 2. The Labute approximate surface area is 236 Å². The minimum absolute atomic E-state index is 0.223. The van der Waals surface area contributed by atoms with Crippen LogP contribution >= 0.6 is 0 Å². The first-order valence-corrected chi connectivity index (χ1v) is 13.1. The van der Waals surface area contributed by atoms with Crippen LogP contribution in [0.25, 0.3) is 21.9 Å². The van der Waals surface area contributed by atoms with Crippen LogP contribution < -0.4 is 15.0 Å². The first kappa shape index (κ1) is 27.4. The maximum atomic E-state index is 15.8. The molecule has 210 valence electrons. The number of allylic oxidation sites excluding steroid dienone is 1. The van der Waals surface area contributed by atoms with Crippen molar-refractivity contribution < 1.29 is 13.9 Å². The number of fused-ring (bicyclic) bond motifs is 2. The van der Waals surface area contributed by atoms with E-state index in [1.165, 1.54) is 6.33 Å². The Hall–Kier alpha value is -5.13. The van der Waals surface area contributed by atoms with Gasteiger partial charge in [-0.05, 0) is 49.7 Å². The molecule has 5 aromatic rings. The van der Waals surface area contributed by atoms with Crippen molar-refractivity contribution in [3.05, 3.63) is 73.0 Å². The number of carbonyl (C=O) groups is 1. The van der Waals surface area contributed by atoms with Gasteiger partial charge in [0, 0.05) is 45.0 Å². The number of ether oxygens (including phenoxy) is 1. The third kappa shape index (κ3) is 5.76. The second-order valence-corrected chi connectivity index (χ2v) is 9.49. The third-order valence-electron chi connectivity index (χ3n) is 6.61. The molecule has 0 radical (unpaired) electrons. The van der Waals surface area contributed by atoms with Crippen LogP contribution in [0.3, 0.4) is 0 Å². The Morgan fingerprint density at radius 1 is 1.05 bits per heavy atom. The molecule has 0 atom stereocenters. The number of aromatic nitrogens is 6. The van der Waals surface area contributed by atoms with Gasteiger partial charge in [0.2, 0.25) is 6.41 Å². The molecule has 12 heteroatoms. The molecule has 1 amide bonds. The standard InChI is InChI=1S/C26H24FN9O2.C3H6/c1-16-11-17(3-6-22(16)38-18-4-5-21-19(12-18)32-33-34(21)2)31-25-23-20(29-14-30-25)13-28-26(24(23)27)36-9-7-35(15-37)8-10-36;1-3-2/h3-6,11-15H,7-10H2,1-2H3,(H,29,30,31);3H,1H2,2H3. The van der Waals surface area contributed by atoms with Crippen molar-refractivity contribution in [1.82, 2.24) is 34.8 Å². The summed E-state index contributed by atoms with van der Waals surface area (Å²) in [6.07, 6.45) is 5.48. The summed E-state index contributed by atoms with van der Waals surface area (Å²) in [6.45, 7) is 9.20. The average molecular weight is 556 g/mol.